The van der Waals surface area contributed by atoms with Crippen LogP contribution in [0, 0.1) is 0 Å². The molecule has 0 aromatic carbocycles. The second kappa shape index (κ2) is 5.47. The number of halogens is 1. The van der Waals surface area contributed by atoms with Crippen LogP contribution in [0.4, 0.5) is 0 Å². The van der Waals surface area contributed by atoms with Gasteiger partial charge in [-0.15, -0.1) is 0 Å². The molecule has 4 nitrogen and oxygen atoms in total. The lowest BCUT2D eigenvalue weighted by Crippen LogP contribution is -2.10. The molecular formula is C12H18ClN3OS. The van der Waals surface area contributed by atoms with E-state index in [-0.39, 0.29) is 0 Å². The van der Waals surface area contributed by atoms with Gasteiger partial charge in [0.05, 0.1) is 23.2 Å². The van der Waals surface area contributed by atoms with Gasteiger partial charge in [0.2, 0.25) is 0 Å². The summed E-state index contributed by atoms with van der Waals surface area (Å²) in [6.07, 6.45) is 10.2. The number of hydrogen-bond acceptors (Lipinski definition) is 3. The van der Waals surface area contributed by atoms with E-state index in [9.17, 15) is 0 Å². The molecule has 2 heterocycles. The highest BCUT2D eigenvalue weighted by atomic mass is 35.5. The molecule has 0 unspecified atom stereocenters. The summed E-state index contributed by atoms with van der Waals surface area (Å²) in [5.41, 5.74) is 0.769. The first kappa shape index (κ1) is 13.6. The van der Waals surface area contributed by atoms with Gasteiger partial charge in [-0.05, 0) is 24.8 Å². The number of nitrogens with zero attached hydrogens (tertiary/aromatic N) is 3. The van der Waals surface area contributed by atoms with Crippen molar-refractivity contribution in [3.05, 3.63) is 23.5 Å². The van der Waals surface area contributed by atoms with E-state index in [4.69, 9.17) is 16.3 Å². The van der Waals surface area contributed by atoms with Gasteiger partial charge < -0.3 is 4.74 Å². The van der Waals surface area contributed by atoms with E-state index in [1.165, 1.54) is 0 Å². The van der Waals surface area contributed by atoms with Crippen LogP contribution >= 0.6 is 21.6 Å². The third-order valence-electron chi connectivity index (χ3n) is 2.54. The van der Waals surface area contributed by atoms with Crippen LogP contribution in [-0.2, 0) is 11.5 Å². The highest BCUT2D eigenvalue weighted by Crippen LogP contribution is 2.33. The van der Waals surface area contributed by atoms with E-state index < -0.39 is 10.0 Å². The lowest BCUT2D eigenvalue weighted by atomic mass is 10.4. The number of aromatic nitrogens is 3. The lowest BCUT2D eigenvalue weighted by molar-refractivity contribution is 0.0836. The van der Waals surface area contributed by atoms with Gasteiger partial charge in [0, 0.05) is 11.9 Å². The molecule has 0 atom stereocenters. The molecule has 0 saturated heterocycles. The Bertz CT molecular complexity index is 536. The maximum atomic E-state index is 6.06. The average Bonchev–Trinajstić information content (AvgIpc) is 2.68. The molecule has 0 aliphatic rings. The summed E-state index contributed by atoms with van der Waals surface area (Å²) in [5.74, 6) is 1.10. The second-order valence-electron chi connectivity index (χ2n) is 5.01. The van der Waals surface area contributed by atoms with Gasteiger partial charge in [0.1, 0.15) is 6.73 Å². The van der Waals surface area contributed by atoms with Crippen molar-refractivity contribution in [1.82, 2.24) is 14.8 Å². The van der Waals surface area contributed by atoms with Crippen molar-refractivity contribution in [2.45, 2.75) is 6.73 Å². The first-order valence-corrected chi connectivity index (χ1v) is 9.08. The largest absolute Gasteiger partial charge is 0.358 e. The van der Waals surface area contributed by atoms with Crippen LogP contribution in [0.5, 0.6) is 0 Å². The quantitative estimate of drug-likeness (QED) is 0.794. The molecule has 0 spiro atoms. The minimum absolute atomic E-state index is 0.423. The number of fused-ring (bicyclic) bond motifs is 1. The molecule has 100 valence electrons. The van der Waals surface area contributed by atoms with Gasteiger partial charge in [0.25, 0.3) is 0 Å². The van der Waals surface area contributed by atoms with Crippen LogP contribution in [0.2, 0.25) is 5.02 Å². The summed E-state index contributed by atoms with van der Waals surface area (Å²) in [6, 6.07) is 1.76. The SMILES string of the molecule is CS(C)(C)CCOCn1ncc2c(Cl)ccnc21. The molecule has 2 aromatic rings. The van der Waals surface area contributed by atoms with E-state index in [0.29, 0.717) is 11.8 Å². The number of pyridine rings is 1. The Morgan fingerprint density at radius 2 is 2.17 bits per heavy atom. The Morgan fingerprint density at radius 3 is 2.89 bits per heavy atom. The summed E-state index contributed by atoms with van der Waals surface area (Å²) >= 11 is 6.06. The third kappa shape index (κ3) is 3.37. The lowest BCUT2D eigenvalue weighted by Gasteiger charge is -2.24. The van der Waals surface area contributed by atoms with E-state index in [1.807, 2.05) is 0 Å². The maximum Gasteiger partial charge on any atom is 0.161 e. The van der Waals surface area contributed by atoms with Gasteiger partial charge in [-0.25, -0.2) is 19.7 Å². The summed E-state index contributed by atoms with van der Waals surface area (Å²) in [5, 5.41) is 5.78. The topological polar surface area (TPSA) is 39.9 Å². The van der Waals surface area contributed by atoms with Crippen LogP contribution in [0.3, 0.4) is 0 Å². The summed E-state index contributed by atoms with van der Waals surface area (Å²) in [6.45, 7) is 1.17. The van der Waals surface area contributed by atoms with Crippen LogP contribution < -0.4 is 0 Å². The van der Waals surface area contributed by atoms with Crippen molar-refractivity contribution in [2.24, 2.45) is 0 Å². The predicted octanol–water partition coefficient (Wildman–Crippen LogP) is 2.75. The van der Waals surface area contributed by atoms with Crippen LogP contribution in [-0.4, -0.2) is 45.9 Å². The highest BCUT2D eigenvalue weighted by molar-refractivity contribution is 8.32. The molecular weight excluding hydrogens is 270 g/mol. The maximum absolute atomic E-state index is 6.06. The molecule has 0 aliphatic carbocycles. The Balaban J connectivity index is 1.98. The Hall–Kier alpha value is -0.780. The molecule has 0 radical (unpaired) electrons. The van der Waals surface area contributed by atoms with E-state index in [1.54, 1.807) is 23.1 Å². The summed E-state index contributed by atoms with van der Waals surface area (Å²) in [7, 11) is -0.506. The zero-order chi connectivity index (χ0) is 13.2. The number of ether oxygens (including phenoxy) is 1. The van der Waals surface area contributed by atoms with Gasteiger partial charge in [-0.3, -0.25) is 0 Å². The smallest absolute Gasteiger partial charge is 0.161 e. The predicted molar refractivity (Wildman–Crippen MR) is 78.7 cm³/mol. The van der Waals surface area contributed by atoms with Gasteiger partial charge in [0.15, 0.2) is 5.65 Å². The molecule has 0 N–H and O–H groups in total. The first-order chi connectivity index (χ1) is 8.47. The summed E-state index contributed by atoms with van der Waals surface area (Å²) < 4.78 is 7.38. The van der Waals surface area contributed by atoms with E-state index >= 15 is 0 Å². The zero-order valence-electron chi connectivity index (χ0n) is 10.9. The molecule has 6 heteroatoms. The monoisotopic (exact) mass is 287 g/mol. The zero-order valence-corrected chi connectivity index (χ0v) is 12.5. The molecule has 0 aliphatic heterocycles. The molecule has 2 rings (SSSR count). The van der Waals surface area contributed by atoms with Crippen molar-refractivity contribution in [1.29, 1.82) is 0 Å². The minimum Gasteiger partial charge on any atom is -0.358 e. The second-order valence-corrected chi connectivity index (χ2v) is 10.0. The molecule has 2 aromatic heterocycles. The highest BCUT2D eigenvalue weighted by Gasteiger charge is 2.07. The van der Waals surface area contributed by atoms with Crippen molar-refractivity contribution in [3.8, 4) is 0 Å². The van der Waals surface area contributed by atoms with Gasteiger partial charge in [-0.1, -0.05) is 11.6 Å². The van der Waals surface area contributed by atoms with Crippen molar-refractivity contribution >= 4 is 32.7 Å². The molecule has 0 amide bonds. The standard InChI is InChI=1S/C12H18ClN3OS/c1-18(2,3)7-6-17-9-16-12-10(8-15-16)11(13)4-5-14-12/h4-5,8H,6-7,9H2,1-3H3. The van der Waals surface area contributed by atoms with Gasteiger partial charge in [-0.2, -0.15) is 5.10 Å². The van der Waals surface area contributed by atoms with Crippen molar-refractivity contribution in [2.75, 3.05) is 31.1 Å². The Kier molecular flexibility index (Phi) is 4.14. The third-order valence-corrected chi connectivity index (χ3v) is 4.26. The van der Waals surface area contributed by atoms with Crippen LogP contribution in [0.25, 0.3) is 11.0 Å². The van der Waals surface area contributed by atoms with Crippen molar-refractivity contribution in [3.63, 3.8) is 0 Å². The molecule has 0 saturated carbocycles. The molecule has 18 heavy (non-hydrogen) atoms. The van der Waals surface area contributed by atoms with E-state index in [2.05, 4.69) is 28.8 Å². The first-order valence-electron chi connectivity index (χ1n) is 5.67. The van der Waals surface area contributed by atoms with Crippen LogP contribution in [0.15, 0.2) is 18.5 Å². The number of rotatable bonds is 5. The summed E-state index contributed by atoms with van der Waals surface area (Å²) in [4.78, 5) is 4.27. The molecule has 0 bridgehead atoms. The van der Waals surface area contributed by atoms with Crippen LogP contribution in [0.1, 0.15) is 0 Å². The number of hydrogen-bond donors (Lipinski definition) is 0. The average molecular weight is 288 g/mol. The van der Waals surface area contributed by atoms with E-state index in [0.717, 1.165) is 23.4 Å². The van der Waals surface area contributed by atoms with Gasteiger partial charge >= 0.3 is 0 Å². The molecule has 0 fully saturated rings. The Labute approximate surface area is 114 Å². The minimum atomic E-state index is -0.506. The fourth-order valence-electron chi connectivity index (χ4n) is 1.50. The Morgan fingerprint density at radius 1 is 1.39 bits per heavy atom. The van der Waals surface area contributed by atoms with Crippen molar-refractivity contribution < 1.29 is 4.74 Å². The fourth-order valence-corrected chi connectivity index (χ4v) is 2.31. The fraction of sp³-hybridized carbons (Fsp3) is 0.500. The normalized spacial score (nSPS) is 13.1.